The van der Waals surface area contributed by atoms with Gasteiger partial charge in [0.05, 0.1) is 18.4 Å². The van der Waals surface area contributed by atoms with Crippen LogP contribution in [0.3, 0.4) is 0 Å². The third kappa shape index (κ3) is 5.03. The summed E-state index contributed by atoms with van der Waals surface area (Å²) in [5, 5.41) is 2.89. The van der Waals surface area contributed by atoms with Crippen LogP contribution in [-0.4, -0.2) is 31.6 Å². The Morgan fingerprint density at radius 3 is 2.84 bits per heavy atom. The van der Waals surface area contributed by atoms with Crippen molar-refractivity contribution in [2.75, 3.05) is 31.4 Å². The minimum absolute atomic E-state index is 0.138. The number of hydrogen-bond acceptors (Lipinski definition) is 4. The highest BCUT2D eigenvalue weighted by Gasteiger charge is 2.12. The molecule has 1 aromatic carbocycles. The molecule has 0 spiro atoms. The molecular weight excluding hydrogens is 260 g/mol. The lowest BCUT2D eigenvalue weighted by Crippen LogP contribution is -2.25. The Morgan fingerprint density at radius 1 is 1.37 bits per heavy atom. The molecule has 5 heteroatoms. The summed E-state index contributed by atoms with van der Waals surface area (Å²) in [5.74, 6) is 1.57. The van der Waals surface area contributed by atoms with Crippen molar-refractivity contribution in [3.63, 3.8) is 0 Å². The molecule has 0 aliphatic heterocycles. The predicted molar refractivity (Wildman–Crippen MR) is 82.0 cm³/mol. The maximum absolute atomic E-state index is 12.0. The fourth-order valence-corrected chi connectivity index (χ4v) is 2.26. The van der Waals surface area contributed by atoms with Gasteiger partial charge in [0.1, 0.15) is 5.75 Å². The zero-order valence-corrected chi connectivity index (χ0v) is 12.4. The number of nitrogens with one attached hydrogen (secondary N) is 1. The quantitative estimate of drug-likeness (QED) is 0.568. The molecule has 0 radical (unpaired) electrons. The molecule has 1 amide bonds. The van der Waals surface area contributed by atoms with Crippen LogP contribution in [0.2, 0.25) is 0 Å². The van der Waals surface area contributed by atoms with E-state index in [2.05, 4.69) is 11.6 Å². The van der Waals surface area contributed by atoms with Crippen molar-refractivity contribution in [2.24, 2.45) is 0 Å². The number of nitrogen functional groups attached to an aromatic ring is 1. The van der Waals surface area contributed by atoms with Crippen LogP contribution in [0.25, 0.3) is 0 Å². The van der Waals surface area contributed by atoms with Crippen molar-refractivity contribution in [1.29, 1.82) is 0 Å². The van der Waals surface area contributed by atoms with Gasteiger partial charge >= 0.3 is 0 Å². The molecule has 3 N–H and O–H groups in total. The van der Waals surface area contributed by atoms with Crippen molar-refractivity contribution in [2.45, 2.75) is 19.3 Å². The summed E-state index contributed by atoms with van der Waals surface area (Å²) in [6.07, 6.45) is 5.43. The molecule has 0 aliphatic rings. The van der Waals surface area contributed by atoms with Crippen molar-refractivity contribution in [3.05, 3.63) is 23.8 Å². The van der Waals surface area contributed by atoms with Gasteiger partial charge in [-0.05, 0) is 37.0 Å². The number of amides is 1. The summed E-state index contributed by atoms with van der Waals surface area (Å²) in [5.41, 5.74) is 6.74. The van der Waals surface area contributed by atoms with Crippen LogP contribution >= 0.6 is 11.8 Å². The molecular formula is C14H22N2O2S. The summed E-state index contributed by atoms with van der Waals surface area (Å²) < 4.78 is 5.10. The average Bonchev–Trinajstić information content (AvgIpc) is 2.42. The van der Waals surface area contributed by atoms with E-state index in [0.717, 1.165) is 12.8 Å². The first-order valence-electron chi connectivity index (χ1n) is 6.40. The fourth-order valence-electron chi connectivity index (χ4n) is 1.77. The highest BCUT2D eigenvalue weighted by atomic mass is 32.2. The van der Waals surface area contributed by atoms with E-state index in [4.69, 9.17) is 10.5 Å². The first kappa shape index (κ1) is 15.7. The molecule has 19 heavy (non-hydrogen) atoms. The number of anilines is 1. The number of para-hydroxylation sites is 1. The summed E-state index contributed by atoms with van der Waals surface area (Å²) in [4.78, 5) is 12.0. The van der Waals surface area contributed by atoms with Crippen LogP contribution in [0.15, 0.2) is 18.2 Å². The number of carbonyl (C=O) groups excluding carboxylic acids is 1. The molecule has 1 aromatic rings. The molecule has 0 heterocycles. The number of hydrogen-bond donors (Lipinski definition) is 2. The number of unbranched alkanes of at least 4 members (excludes halogenated alkanes) is 2. The van der Waals surface area contributed by atoms with E-state index in [1.54, 1.807) is 25.3 Å². The van der Waals surface area contributed by atoms with E-state index in [-0.39, 0.29) is 5.91 Å². The Bertz CT molecular complexity index is 410. The molecule has 0 bridgehead atoms. The largest absolute Gasteiger partial charge is 0.495 e. The van der Waals surface area contributed by atoms with E-state index in [1.807, 2.05) is 11.8 Å². The van der Waals surface area contributed by atoms with Crippen LogP contribution in [0, 0.1) is 0 Å². The van der Waals surface area contributed by atoms with Gasteiger partial charge in [-0.1, -0.05) is 12.5 Å². The van der Waals surface area contributed by atoms with E-state index in [1.165, 1.54) is 12.2 Å². The molecule has 1 rings (SSSR count). The van der Waals surface area contributed by atoms with Gasteiger partial charge in [0.2, 0.25) is 0 Å². The molecule has 0 fully saturated rings. The van der Waals surface area contributed by atoms with Gasteiger partial charge < -0.3 is 15.8 Å². The van der Waals surface area contributed by atoms with Crippen LogP contribution in [0.5, 0.6) is 5.75 Å². The third-order valence-corrected chi connectivity index (χ3v) is 3.54. The van der Waals surface area contributed by atoms with Crippen molar-refractivity contribution in [1.82, 2.24) is 5.32 Å². The van der Waals surface area contributed by atoms with Crippen LogP contribution in [-0.2, 0) is 0 Å². The van der Waals surface area contributed by atoms with Crippen molar-refractivity contribution < 1.29 is 9.53 Å². The Balaban J connectivity index is 2.41. The second-order valence-corrected chi connectivity index (χ2v) is 5.22. The molecule has 4 nitrogen and oxygen atoms in total. The molecule has 0 aromatic heterocycles. The van der Waals surface area contributed by atoms with Crippen LogP contribution < -0.4 is 15.8 Å². The number of thioether (sulfide) groups is 1. The van der Waals surface area contributed by atoms with Crippen molar-refractivity contribution in [3.8, 4) is 5.75 Å². The normalized spacial score (nSPS) is 10.2. The minimum Gasteiger partial charge on any atom is -0.495 e. The number of nitrogens with two attached hydrogens (primary N) is 1. The summed E-state index contributed by atoms with van der Waals surface area (Å²) in [6, 6.07) is 5.22. The van der Waals surface area contributed by atoms with Crippen LogP contribution in [0.4, 0.5) is 5.69 Å². The van der Waals surface area contributed by atoms with Crippen molar-refractivity contribution >= 4 is 23.4 Å². The highest BCUT2D eigenvalue weighted by molar-refractivity contribution is 7.98. The predicted octanol–water partition coefficient (Wildman–Crippen LogP) is 2.54. The maximum Gasteiger partial charge on any atom is 0.253 e. The Labute approximate surface area is 119 Å². The SMILES string of the molecule is COc1cccc(C(=O)NCCCCCSC)c1N. The fraction of sp³-hybridized carbons (Fsp3) is 0.500. The van der Waals surface area contributed by atoms with Gasteiger partial charge in [0, 0.05) is 6.54 Å². The molecule has 0 aliphatic carbocycles. The van der Waals surface area contributed by atoms with Gasteiger partial charge in [-0.3, -0.25) is 4.79 Å². The first-order chi connectivity index (χ1) is 9.20. The number of rotatable bonds is 8. The average molecular weight is 282 g/mol. The number of methoxy groups -OCH3 is 1. The van der Waals surface area contributed by atoms with Gasteiger partial charge in [-0.15, -0.1) is 0 Å². The summed E-state index contributed by atoms with van der Waals surface area (Å²) in [7, 11) is 1.54. The lowest BCUT2D eigenvalue weighted by molar-refractivity contribution is 0.0953. The monoisotopic (exact) mass is 282 g/mol. The zero-order valence-electron chi connectivity index (χ0n) is 11.6. The highest BCUT2D eigenvalue weighted by Crippen LogP contribution is 2.24. The van der Waals surface area contributed by atoms with E-state index in [0.29, 0.717) is 23.5 Å². The lowest BCUT2D eigenvalue weighted by atomic mass is 10.1. The Kier molecular flexibility index (Phi) is 7.18. The van der Waals surface area contributed by atoms with Gasteiger partial charge in [0.25, 0.3) is 5.91 Å². The van der Waals surface area contributed by atoms with Crippen LogP contribution in [0.1, 0.15) is 29.6 Å². The first-order valence-corrected chi connectivity index (χ1v) is 7.79. The van der Waals surface area contributed by atoms with Gasteiger partial charge in [0.15, 0.2) is 0 Å². The topological polar surface area (TPSA) is 64.3 Å². The standard InChI is InChI=1S/C14H22N2O2S/c1-18-12-8-6-7-11(13(12)15)14(17)16-9-4-3-5-10-19-2/h6-8H,3-5,9-10,15H2,1-2H3,(H,16,17). The van der Waals surface area contributed by atoms with E-state index in [9.17, 15) is 4.79 Å². The van der Waals surface area contributed by atoms with E-state index >= 15 is 0 Å². The second kappa shape index (κ2) is 8.69. The second-order valence-electron chi connectivity index (χ2n) is 4.23. The number of ether oxygens (including phenoxy) is 1. The molecule has 0 saturated heterocycles. The maximum atomic E-state index is 12.0. The Morgan fingerprint density at radius 2 is 2.16 bits per heavy atom. The molecule has 0 saturated carbocycles. The molecule has 0 atom stereocenters. The van der Waals surface area contributed by atoms with Gasteiger partial charge in [-0.2, -0.15) is 11.8 Å². The number of benzene rings is 1. The number of carbonyl (C=O) groups is 1. The third-order valence-electron chi connectivity index (χ3n) is 2.84. The lowest BCUT2D eigenvalue weighted by Gasteiger charge is -2.10. The summed E-state index contributed by atoms with van der Waals surface area (Å²) in [6.45, 7) is 0.684. The molecule has 0 unspecified atom stereocenters. The zero-order chi connectivity index (χ0) is 14.1. The van der Waals surface area contributed by atoms with E-state index < -0.39 is 0 Å². The summed E-state index contributed by atoms with van der Waals surface area (Å²) >= 11 is 1.85. The Hall–Kier alpha value is -1.36. The minimum atomic E-state index is -0.138. The molecule has 106 valence electrons. The van der Waals surface area contributed by atoms with Gasteiger partial charge in [-0.25, -0.2) is 0 Å². The smallest absolute Gasteiger partial charge is 0.253 e.